The van der Waals surface area contributed by atoms with E-state index in [-0.39, 0.29) is 0 Å². The van der Waals surface area contributed by atoms with Crippen molar-refractivity contribution in [1.82, 2.24) is 4.98 Å². The average Bonchev–Trinajstić information content (AvgIpc) is 2.78. The van der Waals surface area contributed by atoms with Gasteiger partial charge in [-0.3, -0.25) is 4.98 Å². The molecule has 0 unspecified atom stereocenters. The largest absolute Gasteiger partial charge is 0.256 e. The molecule has 5 aromatic carbocycles. The molecule has 0 radical (unpaired) electrons. The molecule has 0 spiro atoms. The second-order valence-electron chi connectivity index (χ2n) is 7.26. The highest BCUT2D eigenvalue weighted by atomic mass is 14.7. The maximum absolute atomic E-state index is 4.52. The fourth-order valence-corrected chi connectivity index (χ4v) is 4.33. The van der Waals surface area contributed by atoms with Crippen LogP contribution >= 0.6 is 0 Å². The van der Waals surface area contributed by atoms with Crippen molar-refractivity contribution in [2.75, 3.05) is 0 Å². The number of fused-ring (bicyclic) bond motifs is 7. The molecule has 0 aliphatic heterocycles. The zero-order valence-electron chi connectivity index (χ0n) is 15.3. The highest BCUT2D eigenvalue weighted by molar-refractivity contribution is 6.22. The van der Waals surface area contributed by atoms with Crippen LogP contribution in [0.5, 0.6) is 0 Å². The summed E-state index contributed by atoms with van der Waals surface area (Å²) in [6.45, 7) is 0. The van der Waals surface area contributed by atoms with E-state index >= 15 is 0 Å². The van der Waals surface area contributed by atoms with Crippen LogP contribution in [0.25, 0.3) is 54.3 Å². The van der Waals surface area contributed by atoms with E-state index in [1.165, 1.54) is 43.1 Å². The number of pyridine rings is 1. The molecule has 0 N–H and O–H groups in total. The van der Waals surface area contributed by atoms with Gasteiger partial charge >= 0.3 is 0 Å². The third kappa shape index (κ3) is 2.23. The SMILES string of the molecule is c1ccc(-c2ccc3ccc4c(ccc5c6ccccc6ccc54)c3c2)nc1. The molecular formula is C27H17N. The zero-order chi connectivity index (χ0) is 18.5. The number of rotatable bonds is 1. The number of benzene rings is 5. The van der Waals surface area contributed by atoms with Crippen molar-refractivity contribution in [2.45, 2.75) is 0 Å². The summed E-state index contributed by atoms with van der Waals surface area (Å²) in [6, 6.07) is 34.8. The fourth-order valence-electron chi connectivity index (χ4n) is 4.33. The van der Waals surface area contributed by atoms with E-state index in [0.29, 0.717) is 0 Å². The molecule has 0 saturated heterocycles. The number of hydrogen-bond acceptors (Lipinski definition) is 1. The first kappa shape index (κ1) is 15.4. The lowest BCUT2D eigenvalue weighted by atomic mass is 9.93. The van der Waals surface area contributed by atoms with Gasteiger partial charge in [0.05, 0.1) is 5.69 Å². The van der Waals surface area contributed by atoms with Crippen LogP contribution in [0, 0.1) is 0 Å². The first-order valence-corrected chi connectivity index (χ1v) is 9.57. The summed E-state index contributed by atoms with van der Waals surface area (Å²) in [4.78, 5) is 4.52. The topological polar surface area (TPSA) is 12.9 Å². The Kier molecular flexibility index (Phi) is 3.24. The van der Waals surface area contributed by atoms with Gasteiger partial charge in [-0.05, 0) is 61.3 Å². The molecule has 1 nitrogen and oxygen atoms in total. The van der Waals surface area contributed by atoms with Crippen LogP contribution in [0.15, 0.2) is 103 Å². The summed E-state index contributed by atoms with van der Waals surface area (Å²) in [5.74, 6) is 0. The van der Waals surface area contributed by atoms with E-state index in [4.69, 9.17) is 0 Å². The number of hydrogen-bond donors (Lipinski definition) is 0. The molecule has 1 heteroatoms. The van der Waals surface area contributed by atoms with Crippen molar-refractivity contribution in [3.63, 3.8) is 0 Å². The Morgan fingerprint density at radius 3 is 1.82 bits per heavy atom. The predicted molar refractivity (Wildman–Crippen MR) is 120 cm³/mol. The van der Waals surface area contributed by atoms with Crippen LogP contribution in [-0.2, 0) is 0 Å². The van der Waals surface area contributed by atoms with Crippen LogP contribution in [0.3, 0.4) is 0 Å². The van der Waals surface area contributed by atoms with Gasteiger partial charge in [-0.25, -0.2) is 0 Å². The summed E-state index contributed by atoms with van der Waals surface area (Å²) in [6.07, 6.45) is 1.85. The van der Waals surface area contributed by atoms with Crippen molar-refractivity contribution in [3.8, 4) is 11.3 Å². The normalized spacial score (nSPS) is 11.6. The molecule has 6 aromatic rings. The van der Waals surface area contributed by atoms with Gasteiger partial charge in [0.15, 0.2) is 0 Å². The number of nitrogens with zero attached hydrogens (tertiary/aromatic N) is 1. The maximum Gasteiger partial charge on any atom is 0.0702 e. The van der Waals surface area contributed by atoms with Crippen LogP contribution in [-0.4, -0.2) is 4.98 Å². The van der Waals surface area contributed by atoms with Crippen LogP contribution in [0.2, 0.25) is 0 Å². The van der Waals surface area contributed by atoms with Gasteiger partial charge in [-0.1, -0.05) is 78.9 Å². The van der Waals surface area contributed by atoms with Gasteiger partial charge < -0.3 is 0 Å². The Morgan fingerprint density at radius 1 is 0.429 bits per heavy atom. The maximum atomic E-state index is 4.52. The van der Waals surface area contributed by atoms with Gasteiger partial charge in [0, 0.05) is 11.8 Å². The van der Waals surface area contributed by atoms with Gasteiger partial charge in [-0.15, -0.1) is 0 Å². The highest BCUT2D eigenvalue weighted by Crippen LogP contribution is 2.35. The standard InChI is InChI=1S/C27H17N/c1-2-6-21-18(5-1)10-12-23-22(21)14-15-25-24(23)13-11-19-8-9-20(17-26(19)25)27-7-3-4-16-28-27/h1-17H. The van der Waals surface area contributed by atoms with Gasteiger partial charge in [0.25, 0.3) is 0 Å². The average molecular weight is 355 g/mol. The first-order valence-electron chi connectivity index (χ1n) is 9.57. The molecule has 0 aliphatic carbocycles. The summed E-state index contributed by atoms with van der Waals surface area (Å²) in [5.41, 5.74) is 2.16. The lowest BCUT2D eigenvalue weighted by molar-refractivity contribution is 1.33. The Balaban J connectivity index is 1.70. The summed E-state index contributed by atoms with van der Waals surface area (Å²) in [7, 11) is 0. The van der Waals surface area contributed by atoms with Gasteiger partial charge in [-0.2, -0.15) is 0 Å². The molecule has 0 atom stereocenters. The Bertz CT molecular complexity index is 1500. The predicted octanol–water partition coefficient (Wildman–Crippen LogP) is 7.36. The smallest absolute Gasteiger partial charge is 0.0702 e. The quantitative estimate of drug-likeness (QED) is 0.281. The van der Waals surface area contributed by atoms with Crippen LogP contribution < -0.4 is 0 Å². The fraction of sp³-hybridized carbons (Fsp3) is 0. The Labute approximate surface area is 162 Å². The highest BCUT2D eigenvalue weighted by Gasteiger charge is 2.08. The lowest BCUT2D eigenvalue weighted by Crippen LogP contribution is -1.85. The zero-order valence-corrected chi connectivity index (χ0v) is 15.3. The van der Waals surface area contributed by atoms with Gasteiger partial charge in [0.1, 0.15) is 0 Å². The molecule has 6 rings (SSSR count). The van der Waals surface area contributed by atoms with Crippen LogP contribution in [0.4, 0.5) is 0 Å². The second-order valence-corrected chi connectivity index (χ2v) is 7.26. The van der Waals surface area contributed by atoms with E-state index in [2.05, 4.69) is 89.9 Å². The minimum atomic E-state index is 1.01. The van der Waals surface area contributed by atoms with E-state index in [0.717, 1.165) is 11.3 Å². The molecule has 28 heavy (non-hydrogen) atoms. The Hall–Kier alpha value is -3.71. The Morgan fingerprint density at radius 2 is 1.04 bits per heavy atom. The molecular weight excluding hydrogens is 338 g/mol. The number of aromatic nitrogens is 1. The summed E-state index contributed by atoms with van der Waals surface area (Å²) < 4.78 is 0. The van der Waals surface area contributed by atoms with E-state index in [1.807, 2.05) is 18.3 Å². The molecule has 1 heterocycles. The molecule has 130 valence electrons. The van der Waals surface area contributed by atoms with E-state index in [1.54, 1.807) is 0 Å². The third-order valence-electron chi connectivity index (χ3n) is 5.70. The van der Waals surface area contributed by atoms with Crippen molar-refractivity contribution < 1.29 is 0 Å². The third-order valence-corrected chi connectivity index (χ3v) is 5.70. The molecule has 0 saturated carbocycles. The monoisotopic (exact) mass is 355 g/mol. The minimum absolute atomic E-state index is 1.01. The lowest BCUT2D eigenvalue weighted by Gasteiger charge is -2.11. The molecule has 0 amide bonds. The summed E-state index contributed by atoms with van der Waals surface area (Å²) in [5, 5.41) is 10.3. The molecule has 0 aliphatic rings. The van der Waals surface area contributed by atoms with Crippen molar-refractivity contribution >= 4 is 43.1 Å². The van der Waals surface area contributed by atoms with Gasteiger partial charge in [0.2, 0.25) is 0 Å². The van der Waals surface area contributed by atoms with Crippen molar-refractivity contribution in [3.05, 3.63) is 103 Å². The van der Waals surface area contributed by atoms with Crippen molar-refractivity contribution in [1.29, 1.82) is 0 Å². The van der Waals surface area contributed by atoms with E-state index < -0.39 is 0 Å². The second kappa shape index (κ2) is 5.90. The molecule has 1 aromatic heterocycles. The summed E-state index contributed by atoms with van der Waals surface area (Å²) >= 11 is 0. The minimum Gasteiger partial charge on any atom is -0.256 e. The molecule has 0 bridgehead atoms. The van der Waals surface area contributed by atoms with Crippen molar-refractivity contribution in [2.24, 2.45) is 0 Å². The first-order chi connectivity index (χ1) is 13.9. The molecule has 0 fully saturated rings. The van der Waals surface area contributed by atoms with Crippen LogP contribution in [0.1, 0.15) is 0 Å². The van der Waals surface area contributed by atoms with E-state index in [9.17, 15) is 0 Å².